The van der Waals surface area contributed by atoms with Gasteiger partial charge in [-0.05, 0) is 89.9 Å². The molecule has 0 aliphatic heterocycles. The smallest absolute Gasteiger partial charge is 0.306 e. The number of allylic oxidation sites excluding steroid dienone is 10. The number of carbonyl (C=O) groups is 2. The van der Waals surface area contributed by atoms with Crippen molar-refractivity contribution < 1.29 is 24.5 Å². The number of unbranched alkanes of at least 4 members (excludes halogenated alkanes) is 32. The highest BCUT2D eigenvalue weighted by atomic mass is 16.5. The van der Waals surface area contributed by atoms with Crippen molar-refractivity contribution in [3.8, 4) is 0 Å². The van der Waals surface area contributed by atoms with Crippen LogP contribution in [0, 0.1) is 0 Å². The topological polar surface area (TPSA) is 95.9 Å². The van der Waals surface area contributed by atoms with Gasteiger partial charge >= 0.3 is 5.97 Å². The maximum absolute atomic E-state index is 13.3. The normalized spacial score (nSPS) is 13.5. The van der Waals surface area contributed by atoms with Gasteiger partial charge in [0.05, 0.1) is 25.2 Å². The molecule has 3 atom stereocenters. The van der Waals surface area contributed by atoms with E-state index >= 15 is 0 Å². The number of carbonyl (C=O) groups excluding carboxylic acids is 2. The first-order valence-electron chi connectivity index (χ1n) is 30.0. The average Bonchev–Trinajstić information content (AvgIpc) is 3.34. The van der Waals surface area contributed by atoms with Crippen LogP contribution in [0.2, 0.25) is 0 Å². The second-order valence-corrected chi connectivity index (χ2v) is 20.4. The SMILES string of the molecule is CCCCC/C=C\C/C=C\C/C=C\C/C=C\CCCC(CC(=O)NC(CO)C(O)CCCCCCCCCCCCCCCCCCC)OC(=O)CCCCCCC/C=C/CCCCCCCCC. The predicted octanol–water partition coefficient (Wildman–Crippen LogP) is 18.7. The van der Waals surface area contributed by atoms with Crippen molar-refractivity contribution in [2.45, 2.75) is 322 Å². The summed E-state index contributed by atoms with van der Waals surface area (Å²) in [5.74, 6) is -0.529. The van der Waals surface area contributed by atoms with Crippen LogP contribution in [0.5, 0.6) is 0 Å². The number of hydrogen-bond acceptors (Lipinski definition) is 5. The Morgan fingerprint density at radius 1 is 0.420 bits per heavy atom. The maximum Gasteiger partial charge on any atom is 0.306 e. The van der Waals surface area contributed by atoms with E-state index in [1.54, 1.807) is 0 Å². The Bertz CT molecular complexity index is 1220. The zero-order valence-electron chi connectivity index (χ0n) is 45.9. The molecule has 0 radical (unpaired) electrons. The van der Waals surface area contributed by atoms with Gasteiger partial charge in [0.15, 0.2) is 0 Å². The van der Waals surface area contributed by atoms with Gasteiger partial charge in [0.2, 0.25) is 5.91 Å². The molecule has 3 N–H and O–H groups in total. The number of aliphatic hydroxyl groups is 2. The minimum Gasteiger partial charge on any atom is -0.462 e. The number of rotatable bonds is 54. The third-order valence-electron chi connectivity index (χ3n) is 13.6. The summed E-state index contributed by atoms with van der Waals surface area (Å²) in [5.41, 5.74) is 0. The number of nitrogens with one attached hydrogen (secondary N) is 1. The van der Waals surface area contributed by atoms with Gasteiger partial charge < -0.3 is 20.3 Å². The van der Waals surface area contributed by atoms with E-state index in [-0.39, 0.29) is 24.9 Å². The third-order valence-corrected chi connectivity index (χ3v) is 13.6. The molecule has 0 aromatic carbocycles. The van der Waals surface area contributed by atoms with E-state index < -0.39 is 18.2 Å². The minimum atomic E-state index is -0.806. The Labute approximate surface area is 428 Å². The average molecular weight is 967 g/mol. The van der Waals surface area contributed by atoms with Crippen LogP contribution in [-0.2, 0) is 14.3 Å². The second kappa shape index (κ2) is 56.5. The van der Waals surface area contributed by atoms with Crippen molar-refractivity contribution in [2.75, 3.05) is 6.61 Å². The molecule has 6 heteroatoms. The molecule has 0 spiro atoms. The monoisotopic (exact) mass is 966 g/mol. The van der Waals surface area contributed by atoms with Crippen molar-refractivity contribution in [1.29, 1.82) is 0 Å². The molecule has 1 amide bonds. The van der Waals surface area contributed by atoms with E-state index in [1.807, 2.05) is 0 Å². The molecule has 0 bridgehead atoms. The fourth-order valence-corrected chi connectivity index (χ4v) is 9.00. The highest BCUT2D eigenvalue weighted by Gasteiger charge is 2.24. The van der Waals surface area contributed by atoms with Crippen LogP contribution in [-0.4, -0.2) is 46.9 Å². The number of aliphatic hydroxyl groups excluding tert-OH is 2. The zero-order chi connectivity index (χ0) is 50.2. The standard InChI is InChI=1S/C63H115NO5/c1-4-7-10-13-16-19-22-25-28-31-33-36-39-42-45-48-51-54-59(69-63(68)56-53-50-47-44-41-38-35-30-27-24-21-18-15-12-9-6-3)57-62(67)64-60(58-65)61(66)55-52-49-46-43-40-37-34-32-29-26-23-20-17-14-11-8-5-2/h16,19,25,28,30,33,35-36,42,45,59-61,65-66H,4-15,17-18,20-24,26-27,29,31-32,34,37-41,43-44,46-58H2,1-3H3,(H,64,67)/b19-16-,28-25-,35-30+,36-33-,45-42-. The molecule has 0 rings (SSSR count). The highest BCUT2D eigenvalue weighted by molar-refractivity contribution is 5.77. The Morgan fingerprint density at radius 2 is 0.754 bits per heavy atom. The van der Waals surface area contributed by atoms with Crippen LogP contribution in [0.25, 0.3) is 0 Å². The van der Waals surface area contributed by atoms with Gasteiger partial charge in [0.1, 0.15) is 6.10 Å². The zero-order valence-corrected chi connectivity index (χ0v) is 45.9. The van der Waals surface area contributed by atoms with Crippen LogP contribution in [0.3, 0.4) is 0 Å². The quantitative estimate of drug-likeness (QED) is 0.0321. The molecule has 402 valence electrons. The number of ether oxygens (including phenoxy) is 1. The van der Waals surface area contributed by atoms with Crippen molar-refractivity contribution >= 4 is 11.9 Å². The number of esters is 1. The first-order chi connectivity index (χ1) is 34.0. The molecule has 0 aliphatic carbocycles. The molecular formula is C63H115NO5. The number of hydrogen-bond donors (Lipinski definition) is 3. The summed E-state index contributed by atoms with van der Waals surface area (Å²) < 4.78 is 5.94. The fourth-order valence-electron chi connectivity index (χ4n) is 9.00. The summed E-state index contributed by atoms with van der Waals surface area (Å²) >= 11 is 0. The fraction of sp³-hybridized carbons (Fsp3) is 0.810. The van der Waals surface area contributed by atoms with E-state index in [0.29, 0.717) is 19.3 Å². The summed E-state index contributed by atoms with van der Waals surface area (Å²) in [5, 5.41) is 23.9. The first-order valence-corrected chi connectivity index (χ1v) is 30.0. The molecule has 0 aliphatic rings. The Kier molecular flexibility index (Phi) is 54.5. The Balaban J connectivity index is 4.63. The van der Waals surface area contributed by atoms with Gasteiger partial charge in [-0.2, -0.15) is 0 Å². The summed E-state index contributed by atoms with van der Waals surface area (Å²) in [4.78, 5) is 26.3. The van der Waals surface area contributed by atoms with Crippen molar-refractivity contribution in [1.82, 2.24) is 5.32 Å². The molecule has 3 unspecified atom stereocenters. The minimum absolute atomic E-state index is 0.0369. The molecule has 0 aromatic rings. The summed E-state index contributed by atoms with van der Waals surface area (Å²) in [6, 6.07) is -0.723. The summed E-state index contributed by atoms with van der Waals surface area (Å²) in [6.07, 6.45) is 71.5. The molecule has 0 fully saturated rings. The lowest BCUT2D eigenvalue weighted by atomic mass is 10.0. The van der Waals surface area contributed by atoms with Crippen LogP contribution in [0.4, 0.5) is 0 Å². The van der Waals surface area contributed by atoms with Gasteiger partial charge in [-0.1, -0.05) is 261 Å². The first kappa shape index (κ1) is 66.6. The predicted molar refractivity (Wildman–Crippen MR) is 301 cm³/mol. The van der Waals surface area contributed by atoms with E-state index in [0.717, 1.165) is 77.0 Å². The van der Waals surface area contributed by atoms with Gasteiger partial charge in [-0.15, -0.1) is 0 Å². The highest BCUT2D eigenvalue weighted by Crippen LogP contribution is 2.18. The molecular weight excluding hydrogens is 851 g/mol. The van der Waals surface area contributed by atoms with E-state index in [1.165, 1.54) is 180 Å². The van der Waals surface area contributed by atoms with Gasteiger partial charge in [0, 0.05) is 6.42 Å². The maximum atomic E-state index is 13.3. The summed E-state index contributed by atoms with van der Waals surface area (Å²) in [6.45, 7) is 6.47. The lowest BCUT2D eigenvalue weighted by molar-refractivity contribution is -0.151. The van der Waals surface area contributed by atoms with Crippen molar-refractivity contribution in [3.63, 3.8) is 0 Å². The van der Waals surface area contributed by atoms with E-state index in [2.05, 4.69) is 86.8 Å². The lowest BCUT2D eigenvalue weighted by Gasteiger charge is -2.24. The number of amides is 1. The Hall–Kier alpha value is -2.44. The van der Waals surface area contributed by atoms with Gasteiger partial charge in [0.25, 0.3) is 0 Å². The molecule has 0 aromatic heterocycles. The molecule has 0 saturated carbocycles. The molecule has 0 heterocycles. The molecule has 69 heavy (non-hydrogen) atoms. The Morgan fingerprint density at radius 3 is 1.19 bits per heavy atom. The van der Waals surface area contributed by atoms with Crippen LogP contribution in [0.15, 0.2) is 60.8 Å². The molecule has 6 nitrogen and oxygen atoms in total. The van der Waals surface area contributed by atoms with Gasteiger partial charge in [-0.3, -0.25) is 9.59 Å². The summed E-state index contributed by atoms with van der Waals surface area (Å²) in [7, 11) is 0. The van der Waals surface area contributed by atoms with Crippen molar-refractivity contribution in [2.24, 2.45) is 0 Å². The largest absolute Gasteiger partial charge is 0.462 e. The van der Waals surface area contributed by atoms with Crippen LogP contribution >= 0.6 is 0 Å². The molecule has 0 saturated heterocycles. The third kappa shape index (κ3) is 51.7. The van der Waals surface area contributed by atoms with Crippen LogP contribution in [0.1, 0.15) is 303 Å². The van der Waals surface area contributed by atoms with E-state index in [4.69, 9.17) is 4.74 Å². The van der Waals surface area contributed by atoms with Crippen LogP contribution < -0.4 is 5.32 Å². The lowest BCUT2D eigenvalue weighted by Crippen LogP contribution is -2.46. The van der Waals surface area contributed by atoms with E-state index in [9.17, 15) is 19.8 Å². The second-order valence-electron chi connectivity index (χ2n) is 20.4. The van der Waals surface area contributed by atoms with Gasteiger partial charge in [-0.25, -0.2) is 0 Å². The van der Waals surface area contributed by atoms with Crippen molar-refractivity contribution in [3.05, 3.63) is 60.8 Å².